The molecular formula is C19H21NO5. The molecule has 0 aliphatic rings. The Bertz CT molecular complexity index is 727. The molecule has 0 saturated carbocycles. The molecule has 1 amide bonds. The summed E-state index contributed by atoms with van der Waals surface area (Å²) in [6, 6.07) is 12.3. The van der Waals surface area contributed by atoms with Gasteiger partial charge in [-0.05, 0) is 42.8 Å². The molecule has 2 N–H and O–H groups in total. The number of phenolic OH excluding ortho intramolecular Hbond substituents is 1. The Labute approximate surface area is 146 Å². The van der Waals surface area contributed by atoms with E-state index in [1.165, 1.54) is 19.2 Å². The lowest BCUT2D eigenvalue weighted by Crippen LogP contribution is -2.43. The fourth-order valence-electron chi connectivity index (χ4n) is 2.34. The first kappa shape index (κ1) is 18.3. The van der Waals surface area contributed by atoms with Crippen molar-refractivity contribution in [2.75, 3.05) is 13.7 Å². The van der Waals surface area contributed by atoms with Crippen LogP contribution in [0.3, 0.4) is 0 Å². The fraction of sp³-hybridized carbons (Fsp3) is 0.263. The summed E-state index contributed by atoms with van der Waals surface area (Å²) in [6.07, 6.45) is 0.254. The Kier molecular flexibility index (Phi) is 6.39. The highest BCUT2D eigenvalue weighted by Gasteiger charge is 2.22. The highest BCUT2D eigenvalue weighted by molar-refractivity contribution is 5.97. The molecule has 1 unspecified atom stereocenters. The SMILES string of the molecule is CCOc1cccc(C(=O)NC(Cc2ccc(O)cc2)C(=O)OC)c1. The Morgan fingerprint density at radius 3 is 2.52 bits per heavy atom. The smallest absolute Gasteiger partial charge is 0.328 e. The Morgan fingerprint density at radius 2 is 1.88 bits per heavy atom. The van der Waals surface area contributed by atoms with Gasteiger partial charge in [0, 0.05) is 12.0 Å². The van der Waals surface area contributed by atoms with E-state index in [1.54, 1.807) is 36.4 Å². The number of amides is 1. The molecule has 0 aliphatic heterocycles. The second-order valence-electron chi connectivity index (χ2n) is 5.38. The van der Waals surface area contributed by atoms with Crippen molar-refractivity contribution in [2.45, 2.75) is 19.4 Å². The van der Waals surface area contributed by atoms with Crippen molar-refractivity contribution in [3.63, 3.8) is 0 Å². The van der Waals surface area contributed by atoms with E-state index in [-0.39, 0.29) is 12.2 Å². The van der Waals surface area contributed by atoms with Crippen LogP contribution in [-0.4, -0.2) is 36.7 Å². The average Bonchev–Trinajstić information content (AvgIpc) is 2.62. The predicted molar refractivity (Wildman–Crippen MR) is 92.7 cm³/mol. The van der Waals surface area contributed by atoms with Crippen LogP contribution in [0.5, 0.6) is 11.5 Å². The van der Waals surface area contributed by atoms with Gasteiger partial charge >= 0.3 is 5.97 Å². The van der Waals surface area contributed by atoms with Crippen LogP contribution in [0.15, 0.2) is 48.5 Å². The molecule has 0 aromatic heterocycles. The molecule has 0 spiro atoms. The monoisotopic (exact) mass is 343 g/mol. The molecule has 0 aliphatic carbocycles. The van der Waals surface area contributed by atoms with E-state index >= 15 is 0 Å². The maximum atomic E-state index is 12.5. The molecule has 0 heterocycles. The van der Waals surface area contributed by atoms with Crippen LogP contribution in [0, 0.1) is 0 Å². The number of hydrogen-bond acceptors (Lipinski definition) is 5. The quantitative estimate of drug-likeness (QED) is 0.754. The van der Waals surface area contributed by atoms with Gasteiger partial charge in [-0.1, -0.05) is 18.2 Å². The van der Waals surface area contributed by atoms with Crippen molar-refractivity contribution in [3.8, 4) is 11.5 Å². The van der Waals surface area contributed by atoms with E-state index in [0.29, 0.717) is 17.9 Å². The number of ether oxygens (including phenoxy) is 2. The summed E-state index contributed by atoms with van der Waals surface area (Å²) in [5.74, 6) is -0.212. The number of carbonyl (C=O) groups is 2. The number of hydrogen-bond donors (Lipinski definition) is 2. The zero-order valence-electron chi connectivity index (χ0n) is 14.2. The molecule has 6 heteroatoms. The van der Waals surface area contributed by atoms with Crippen LogP contribution in [0.4, 0.5) is 0 Å². The molecule has 2 rings (SSSR count). The van der Waals surface area contributed by atoms with Crippen LogP contribution in [0.25, 0.3) is 0 Å². The maximum absolute atomic E-state index is 12.5. The van der Waals surface area contributed by atoms with Gasteiger partial charge < -0.3 is 19.9 Å². The number of methoxy groups -OCH3 is 1. The molecule has 0 saturated heterocycles. The Morgan fingerprint density at radius 1 is 1.16 bits per heavy atom. The minimum Gasteiger partial charge on any atom is -0.508 e. The van der Waals surface area contributed by atoms with Crippen molar-refractivity contribution in [1.29, 1.82) is 0 Å². The molecule has 25 heavy (non-hydrogen) atoms. The van der Waals surface area contributed by atoms with Crippen LogP contribution < -0.4 is 10.1 Å². The number of benzene rings is 2. The van der Waals surface area contributed by atoms with E-state index < -0.39 is 17.9 Å². The van der Waals surface area contributed by atoms with Crippen molar-refractivity contribution in [2.24, 2.45) is 0 Å². The number of esters is 1. The number of rotatable bonds is 7. The van der Waals surface area contributed by atoms with Gasteiger partial charge in [-0.15, -0.1) is 0 Å². The van der Waals surface area contributed by atoms with Crippen molar-refractivity contribution >= 4 is 11.9 Å². The van der Waals surface area contributed by atoms with Crippen LogP contribution in [0.2, 0.25) is 0 Å². The topological polar surface area (TPSA) is 84.9 Å². The highest BCUT2D eigenvalue weighted by atomic mass is 16.5. The van der Waals surface area contributed by atoms with Crippen LogP contribution >= 0.6 is 0 Å². The molecule has 0 fully saturated rings. The van der Waals surface area contributed by atoms with E-state index in [0.717, 1.165) is 5.56 Å². The first-order valence-electron chi connectivity index (χ1n) is 7.93. The van der Waals surface area contributed by atoms with Gasteiger partial charge in [0.25, 0.3) is 5.91 Å². The molecule has 2 aromatic carbocycles. The first-order valence-corrected chi connectivity index (χ1v) is 7.93. The predicted octanol–water partition coefficient (Wildman–Crippen LogP) is 2.31. The summed E-state index contributed by atoms with van der Waals surface area (Å²) in [5.41, 5.74) is 1.18. The zero-order chi connectivity index (χ0) is 18.2. The third-order valence-electron chi connectivity index (χ3n) is 3.57. The normalized spacial score (nSPS) is 11.4. The summed E-state index contributed by atoms with van der Waals surface area (Å²) >= 11 is 0. The summed E-state index contributed by atoms with van der Waals surface area (Å²) in [4.78, 5) is 24.5. The summed E-state index contributed by atoms with van der Waals surface area (Å²) < 4.78 is 10.2. The van der Waals surface area contributed by atoms with Crippen molar-refractivity contribution < 1.29 is 24.2 Å². The Hall–Kier alpha value is -3.02. The summed E-state index contributed by atoms with van der Waals surface area (Å²) in [6.45, 7) is 2.36. The molecule has 2 aromatic rings. The van der Waals surface area contributed by atoms with Crippen LogP contribution in [-0.2, 0) is 16.0 Å². The molecule has 6 nitrogen and oxygen atoms in total. The van der Waals surface area contributed by atoms with Gasteiger partial charge in [0.05, 0.1) is 13.7 Å². The summed E-state index contributed by atoms with van der Waals surface area (Å²) in [7, 11) is 1.27. The Balaban J connectivity index is 2.13. The van der Waals surface area contributed by atoms with Gasteiger partial charge in [-0.25, -0.2) is 4.79 Å². The lowest BCUT2D eigenvalue weighted by Gasteiger charge is -2.17. The molecule has 132 valence electrons. The number of aromatic hydroxyl groups is 1. The largest absolute Gasteiger partial charge is 0.508 e. The average molecular weight is 343 g/mol. The minimum atomic E-state index is -0.835. The van der Waals surface area contributed by atoms with Gasteiger partial charge in [-0.3, -0.25) is 4.79 Å². The second-order valence-corrected chi connectivity index (χ2v) is 5.38. The zero-order valence-corrected chi connectivity index (χ0v) is 14.2. The van der Waals surface area contributed by atoms with Gasteiger partial charge in [0.1, 0.15) is 17.5 Å². The molecule has 0 bridgehead atoms. The van der Waals surface area contributed by atoms with Crippen molar-refractivity contribution in [1.82, 2.24) is 5.32 Å². The lowest BCUT2D eigenvalue weighted by molar-refractivity contribution is -0.142. The number of carbonyl (C=O) groups excluding carboxylic acids is 2. The minimum absolute atomic E-state index is 0.134. The third-order valence-corrected chi connectivity index (χ3v) is 3.57. The van der Waals surface area contributed by atoms with Gasteiger partial charge in [0.2, 0.25) is 0 Å². The maximum Gasteiger partial charge on any atom is 0.328 e. The van der Waals surface area contributed by atoms with Crippen LogP contribution in [0.1, 0.15) is 22.8 Å². The second kappa shape index (κ2) is 8.73. The number of nitrogens with one attached hydrogen (secondary N) is 1. The molecular weight excluding hydrogens is 322 g/mol. The van der Waals surface area contributed by atoms with E-state index in [4.69, 9.17) is 9.47 Å². The number of phenols is 1. The third kappa shape index (κ3) is 5.24. The van der Waals surface area contributed by atoms with E-state index in [2.05, 4.69) is 5.32 Å². The van der Waals surface area contributed by atoms with Gasteiger partial charge in [-0.2, -0.15) is 0 Å². The van der Waals surface area contributed by atoms with Crippen molar-refractivity contribution in [3.05, 3.63) is 59.7 Å². The highest BCUT2D eigenvalue weighted by Crippen LogP contribution is 2.15. The van der Waals surface area contributed by atoms with E-state index in [1.807, 2.05) is 6.92 Å². The first-order chi connectivity index (χ1) is 12.0. The van der Waals surface area contributed by atoms with E-state index in [9.17, 15) is 14.7 Å². The molecule has 1 atom stereocenters. The lowest BCUT2D eigenvalue weighted by atomic mass is 10.1. The summed E-state index contributed by atoms with van der Waals surface area (Å²) in [5, 5.41) is 12.0. The standard InChI is InChI=1S/C19H21NO5/c1-3-25-16-6-4-5-14(12-16)18(22)20-17(19(23)24-2)11-13-7-9-15(21)10-8-13/h4-10,12,17,21H,3,11H2,1-2H3,(H,20,22). The fourth-order valence-corrected chi connectivity index (χ4v) is 2.34. The molecule has 0 radical (unpaired) electrons. The van der Waals surface area contributed by atoms with Gasteiger partial charge in [0.15, 0.2) is 0 Å².